The first-order chi connectivity index (χ1) is 7.24. The molecule has 0 saturated carbocycles. The molecule has 0 amide bonds. The quantitative estimate of drug-likeness (QED) is 0.419. The predicted molar refractivity (Wildman–Crippen MR) is 54.8 cm³/mol. The maximum atomic E-state index is 11.1. The molecule has 0 atom stereocenters. The Hall–Kier alpha value is -1.91. The number of carbonyl (C=O) groups is 1. The molecule has 15 heavy (non-hydrogen) atoms. The predicted octanol–water partition coefficient (Wildman–Crippen LogP) is 0.991. The van der Waals surface area contributed by atoms with Gasteiger partial charge >= 0.3 is 5.97 Å². The molecule has 0 spiro atoms. The Balaban J connectivity index is 2.38. The number of aromatic nitrogens is 3. The molecule has 0 bridgehead atoms. The highest BCUT2D eigenvalue weighted by atomic mass is 16.5. The van der Waals surface area contributed by atoms with Crippen molar-refractivity contribution >= 4 is 5.97 Å². The molecule has 0 aliphatic heterocycles. The van der Waals surface area contributed by atoms with Crippen molar-refractivity contribution in [3.05, 3.63) is 36.5 Å². The van der Waals surface area contributed by atoms with E-state index in [-0.39, 0.29) is 6.61 Å². The molecular formula is C10H13N3O2. The summed E-state index contributed by atoms with van der Waals surface area (Å²) in [6.45, 7) is 2.00. The summed E-state index contributed by atoms with van der Waals surface area (Å²) in [5.41, 5.74) is 0. The van der Waals surface area contributed by atoms with E-state index in [9.17, 15) is 4.79 Å². The zero-order valence-electron chi connectivity index (χ0n) is 8.75. The fraction of sp³-hybridized carbons (Fsp3) is 0.300. The number of hydrogen-bond acceptors (Lipinski definition) is 4. The van der Waals surface area contributed by atoms with Crippen LogP contribution >= 0.6 is 0 Å². The van der Waals surface area contributed by atoms with Crippen LogP contribution in [-0.2, 0) is 23.2 Å². The molecule has 0 saturated heterocycles. The summed E-state index contributed by atoms with van der Waals surface area (Å²) in [6.07, 6.45) is 7.98. The lowest BCUT2D eigenvalue weighted by Crippen LogP contribution is -2.06. The molecule has 0 unspecified atom stereocenters. The number of hydrogen-bond donors (Lipinski definition) is 0. The van der Waals surface area contributed by atoms with Crippen LogP contribution in [0.25, 0.3) is 0 Å². The van der Waals surface area contributed by atoms with Gasteiger partial charge in [-0.3, -0.25) is 4.68 Å². The Morgan fingerprint density at radius 2 is 2.40 bits per heavy atom. The van der Waals surface area contributed by atoms with Crippen molar-refractivity contribution in [3.8, 4) is 0 Å². The minimum absolute atomic E-state index is 0.134. The molecule has 1 rings (SSSR count). The number of carbonyl (C=O) groups excluding carboxylic acids is 1. The highest BCUT2D eigenvalue weighted by molar-refractivity contribution is 5.82. The summed E-state index contributed by atoms with van der Waals surface area (Å²) in [5.74, 6) is 0.221. The number of nitrogens with zero attached hydrogens (tertiary/aromatic N) is 3. The van der Waals surface area contributed by atoms with E-state index in [4.69, 9.17) is 4.74 Å². The van der Waals surface area contributed by atoms with Crippen LogP contribution in [0.4, 0.5) is 0 Å². The van der Waals surface area contributed by atoms with Crippen molar-refractivity contribution in [3.63, 3.8) is 0 Å². The molecule has 5 heteroatoms. The van der Waals surface area contributed by atoms with E-state index in [1.165, 1.54) is 12.4 Å². The molecule has 0 N–H and O–H groups in total. The first kappa shape index (κ1) is 11.2. The van der Waals surface area contributed by atoms with E-state index in [2.05, 4.69) is 10.1 Å². The lowest BCUT2D eigenvalue weighted by molar-refractivity contribution is -0.139. The second kappa shape index (κ2) is 5.74. The van der Waals surface area contributed by atoms with Crippen molar-refractivity contribution in [2.24, 2.45) is 7.05 Å². The van der Waals surface area contributed by atoms with Crippen LogP contribution in [0.1, 0.15) is 12.7 Å². The summed E-state index contributed by atoms with van der Waals surface area (Å²) < 4.78 is 6.49. The third-order valence-corrected chi connectivity index (χ3v) is 1.68. The largest absolute Gasteiger partial charge is 0.454 e. The number of rotatable bonds is 4. The summed E-state index contributed by atoms with van der Waals surface area (Å²) in [5, 5.41) is 3.86. The molecule has 0 aromatic carbocycles. The van der Waals surface area contributed by atoms with Gasteiger partial charge in [-0.2, -0.15) is 5.10 Å². The van der Waals surface area contributed by atoms with E-state index in [1.54, 1.807) is 23.9 Å². The lowest BCUT2D eigenvalue weighted by atomic mass is 10.4. The minimum atomic E-state index is -0.392. The Labute approximate surface area is 88.1 Å². The summed E-state index contributed by atoms with van der Waals surface area (Å²) in [7, 11) is 1.74. The molecule has 1 heterocycles. The van der Waals surface area contributed by atoms with Crippen molar-refractivity contribution in [2.75, 3.05) is 0 Å². The fourth-order valence-electron chi connectivity index (χ4n) is 0.880. The third kappa shape index (κ3) is 3.76. The van der Waals surface area contributed by atoms with Gasteiger partial charge < -0.3 is 4.74 Å². The van der Waals surface area contributed by atoms with Crippen molar-refractivity contribution in [2.45, 2.75) is 13.5 Å². The van der Waals surface area contributed by atoms with Gasteiger partial charge in [0.2, 0.25) is 0 Å². The van der Waals surface area contributed by atoms with Gasteiger partial charge in [-0.25, -0.2) is 9.78 Å². The fourth-order valence-corrected chi connectivity index (χ4v) is 0.880. The number of aryl methyl sites for hydroxylation is 1. The standard InChI is InChI=1S/C10H13N3O2/c1-3-4-5-6-10(14)15-7-9-11-8-12-13(9)2/h3-6,8H,7H2,1-2H3. The topological polar surface area (TPSA) is 57.0 Å². The Morgan fingerprint density at radius 1 is 1.60 bits per heavy atom. The normalized spacial score (nSPS) is 11.3. The Kier molecular flexibility index (Phi) is 4.28. The average Bonchev–Trinajstić information content (AvgIpc) is 2.61. The van der Waals surface area contributed by atoms with Gasteiger partial charge in [-0.15, -0.1) is 0 Å². The summed E-state index contributed by atoms with van der Waals surface area (Å²) in [6, 6.07) is 0. The molecule has 1 aromatic heterocycles. The maximum Gasteiger partial charge on any atom is 0.331 e. The van der Waals surface area contributed by atoms with E-state index in [0.29, 0.717) is 5.82 Å². The molecule has 0 fully saturated rings. The van der Waals surface area contributed by atoms with Crippen LogP contribution in [0.2, 0.25) is 0 Å². The first-order valence-corrected chi connectivity index (χ1v) is 4.53. The second-order valence-corrected chi connectivity index (χ2v) is 2.79. The molecule has 80 valence electrons. The Morgan fingerprint density at radius 3 is 3.00 bits per heavy atom. The first-order valence-electron chi connectivity index (χ1n) is 4.53. The third-order valence-electron chi connectivity index (χ3n) is 1.68. The van der Waals surface area contributed by atoms with Crippen molar-refractivity contribution in [1.29, 1.82) is 0 Å². The summed E-state index contributed by atoms with van der Waals surface area (Å²) >= 11 is 0. The van der Waals surface area contributed by atoms with Gasteiger partial charge in [0.1, 0.15) is 6.33 Å². The monoisotopic (exact) mass is 207 g/mol. The summed E-state index contributed by atoms with van der Waals surface area (Å²) in [4.78, 5) is 15.0. The zero-order chi connectivity index (χ0) is 11.1. The second-order valence-electron chi connectivity index (χ2n) is 2.79. The van der Waals surface area contributed by atoms with Crippen LogP contribution in [0.3, 0.4) is 0 Å². The van der Waals surface area contributed by atoms with Crippen LogP contribution < -0.4 is 0 Å². The number of esters is 1. The minimum Gasteiger partial charge on any atom is -0.454 e. The number of allylic oxidation sites excluding steroid dienone is 3. The van der Waals surface area contributed by atoms with Gasteiger partial charge in [0.15, 0.2) is 12.4 Å². The maximum absolute atomic E-state index is 11.1. The van der Waals surface area contributed by atoms with E-state index in [0.717, 1.165) is 0 Å². The van der Waals surface area contributed by atoms with Crippen LogP contribution in [0.5, 0.6) is 0 Å². The van der Waals surface area contributed by atoms with Crippen molar-refractivity contribution in [1.82, 2.24) is 14.8 Å². The van der Waals surface area contributed by atoms with Gasteiger partial charge in [0, 0.05) is 13.1 Å². The van der Waals surface area contributed by atoms with E-state index < -0.39 is 5.97 Å². The van der Waals surface area contributed by atoms with Crippen LogP contribution in [0.15, 0.2) is 30.6 Å². The van der Waals surface area contributed by atoms with Crippen LogP contribution in [-0.4, -0.2) is 20.7 Å². The van der Waals surface area contributed by atoms with E-state index in [1.807, 2.05) is 13.0 Å². The molecular weight excluding hydrogens is 194 g/mol. The zero-order valence-corrected chi connectivity index (χ0v) is 8.75. The van der Waals surface area contributed by atoms with Gasteiger partial charge in [0.25, 0.3) is 0 Å². The van der Waals surface area contributed by atoms with Gasteiger partial charge in [-0.05, 0) is 6.92 Å². The van der Waals surface area contributed by atoms with Crippen LogP contribution in [0, 0.1) is 0 Å². The lowest BCUT2D eigenvalue weighted by Gasteiger charge is -2.00. The molecule has 1 aromatic rings. The molecule has 0 aliphatic carbocycles. The van der Waals surface area contributed by atoms with E-state index >= 15 is 0 Å². The van der Waals surface area contributed by atoms with Gasteiger partial charge in [-0.1, -0.05) is 18.2 Å². The highest BCUT2D eigenvalue weighted by Gasteiger charge is 2.02. The molecule has 5 nitrogen and oxygen atoms in total. The average molecular weight is 207 g/mol. The molecule has 0 aliphatic rings. The van der Waals surface area contributed by atoms with Crippen molar-refractivity contribution < 1.29 is 9.53 Å². The highest BCUT2D eigenvalue weighted by Crippen LogP contribution is 1.95. The molecule has 0 radical (unpaired) electrons. The number of ether oxygens (including phenoxy) is 1. The Bertz CT molecular complexity index is 380. The van der Waals surface area contributed by atoms with Gasteiger partial charge in [0.05, 0.1) is 0 Å². The smallest absolute Gasteiger partial charge is 0.331 e. The SMILES string of the molecule is CC=CC=CC(=O)OCc1ncnn1C.